The molecule has 15 heavy (non-hydrogen) atoms. The van der Waals surface area contributed by atoms with Crippen LogP contribution in [0.1, 0.15) is 40.4 Å². The summed E-state index contributed by atoms with van der Waals surface area (Å²) in [7, 11) is 0. The van der Waals surface area contributed by atoms with Crippen molar-refractivity contribution in [2.24, 2.45) is 0 Å². The zero-order valence-electron chi connectivity index (χ0n) is 8.45. The third-order valence-electron chi connectivity index (χ3n) is 3.17. The number of ether oxygens (including phenoxy) is 1. The third-order valence-corrected chi connectivity index (χ3v) is 3.17. The SMILES string of the molecule is O=C1OCc2cc([C@H]3CCCN3)ccc21. The lowest BCUT2D eigenvalue weighted by molar-refractivity contribution is 0.0535. The van der Waals surface area contributed by atoms with E-state index in [1.165, 1.54) is 18.4 Å². The quantitative estimate of drug-likeness (QED) is 0.707. The molecule has 0 aliphatic carbocycles. The smallest absolute Gasteiger partial charge is 0.338 e. The molecular formula is C12H13NO2. The molecule has 1 atom stereocenters. The molecule has 3 nitrogen and oxygen atoms in total. The molecule has 2 aliphatic rings. The molecule has 0 unspecified atom stereocenters. The van der Waals surface area contributed by atoms with Crippen LogP contribution in [-0.4, -0.2) is 12.5 Å². The summed E-state index contributed by atoms with van der Waals surface area (Å²) < 4.78 is 4.98. The lowest BCUT2D eigenvalue weighted by atomic mass is 10.00. The zero-order chi connectivity index (χ0) is 10.3. The van der Waals surface area contributed by atoms with Crippen molar-refractivity contribution in [3.05, 3.63) is 34.9 Å². The van der Waals surface area contributed by atoms with Crippen molar-refractivity contribution in [2.45, 2.75) is 25.5 Å². The summed E-state index contributed by atoms with van der Waals surface area (Å²) in [4.78, 5) is 11.3. The summed E-state index contributed by atoms with van der Waals surface area (Å²) in [6.45, 7) is 1.53. The number of nitrogens with one attached hydrogen (secondary N) is 1. The fraction of sp³-hybridized carbons (Fsp3) is 0.417. The molecule has 0 bridgehead atoms. The standard InChI is InChI=1S/C12H13NO2/c14-12-10-4-3-8(6-9(10)7-15-12)11-2-1-5-13-11/h3-4,6,11,13H,1-2,5,7H2/t11-/m1/s1. The number of esters is 1. The Hall–Kier alpha value is -1.35. The van der Waals surface area contributed by atoms with Gasteiger partial charge >= 0.3 is 5.97 Å². The third kappa shape index (κ3) is 1.43. The van der Waals surface area contributed by atoms with Gasteiger partial charge in [0, 0.05) is 11.6 Å². The molecule has 0 saturated carbocycles. The van der Waals surface area contributed by atoms with E-state index in [9.17, 15) is 4.79 Å². The van der Waals surface area contributed by atoms with E-state index in [0.29, 0.717) is 12.6 Å². The van der Waals surface area contributed by atoms with E-state index < -0.39 is 0 Å². The van der Waals surface area contributed by atoms with Crippen LogP contribution in [0.15, 0.2) is 18.2 Å². The Labute approximate surface area is 88.4 Å². The highest BCUT2D eigenvalue weighted by atomic mass is 16.5. The normalized spacial score (nSPS) is 24.0. The number of rotatable bonds is 1. The summed E-state index contributed by atoms with van der Waals surface area (Å²) in [5, 5.41) is 3.45. The molecular weight excluding hydrogens is 190 g/mol. The minimum absolute atomic E-state index is 0.184. The van der Waals surface area contributed by atoms with Gasteiger partial charge in [0.05, 0.1) is 5.56 Å². The minimum atomic E-state index is -0.184. The van der Waals surface area contributed by atoms with E-state index in [1.807, 2.05) is 12.1 Å². The van der Waals surface area contributed by atoms with Crippen molar-refractivity contribution in [1.82, 2.24) is 5.32 Å². The highest BCUT2D eigenvalue weighted by Gasteiger charge is 2.23. The van der Waals surface area contributed by atoms with Gasteiger partial charge in [-0.2, -0.15) is 0 Å². The molecule has 1 N–H and O–H groups in total. The van der Waals surface area contributed by atoms with Crippen LogP contribution in [0.3, 0.4) is 0 Å². The molecule has 1 aromatic rings. The molecule has 0 radical (unpaired) electrons. The Balaban J connectivity index is 1.95. The van der Waals surface area contributed by atoms with Crippen molar-refractivity contribution in [3.63, 3.8) is 0 Å². The van der Waals surface area contributed by atoms with E-state index in [0.717, 1.165) is 17.7 Å². The average Bonchev–Trinajstić information content (AvgIpc) is 2.88. The first kappa shape index (κ1) is 8.92. The van der Waals surface area contributed by atoms with Gasteiger partial charge in [0.25, 0.3) is 0 Å². The second-order valence-corrected chi connectivity index (χ2v) is 4.14. The van der Waals surface area contributed by atoms with Crippen LogP contribution in [0.5, 0.6) is 0 Å². The van der Waals surface area contributed by atoms with Gasteiger partial charge in [-0.15, -0.1) is 0 Å². The number of carbonyl (C=O) groups is 1. The van der Waals surface area contributed by atoms with Crippen LogP contribution in [0.25, 0.3) is 0 Å². The van der Waals surface area contributed by atoms with E-state index >= 15 is 0 Å². The van der Waals surface area contributed by atoms with Gasteiger partial charge < -0.3 is 10.1 Å². The lowest BCUT2D eigenvalue weighted by Crippen LogP contribution is -2.13. The number of fused-ring (bicyclic) bond motifs is 1. The van der Waals surface area contributed by atoms with Gasteiger partial charge in [-0.25, -0.2) is 4.79 Å². The number of carbonyl (C=O) groups excluding carboxylic acids is 1. The van der Waals surface area contributed by atoms with Crippen LogP contribution in [0, 0.1) is 0 Å². The summed E-state index contributed by atoms with van der Waals surface area (Å²) in [5.41, 5.74) is 3.05. The van der Waals surface area contributed by atoms with Gasteiger partial charge in [-0.05, 0) is 37.1 Å². The predicted molar refractivity (Wildman–Crippen MR) is 55.5 cm³/mol. The molecule has 1 saturated heterocycles. The first-order valence-corrected chi connectivity index (χ1v) is 5.38. The highest BCUT2D eigenvalue weighted by Crippen LogP contribution is 2.27. The largest absolute Gasteiger partial charge is 0.457 e. The van der Waals surface area contributed by atoms with Crippen molar-refractivity contribution in [3.8, 4) is 0 Å². The van der Waals surface area contributed by atoms with Gasteiger partial charge in [-0.3, -0.25) is 0 Å². The summed E-state index contributed by atoms with van der Waals surface area (Å²) >= 11 is 0. The van der Waals surface area contributed by atoms with E-state index in [4.69, 9.17) is 4.74 Å². The second-order valence-electron chi connectivity index (χ2n) is 4.14. The molecule has 2 aliphatic heterocycles. The van der Waals surface area contributed by atoms with Crippen molar-refractivity contribution in [2.75, 3.05) is 6.54 Å². The molecule has 2 heterocycles. The van der Waals surface area contributed by atoms with Gasteiger partial charge in [0.2, 0.25) is 0 Å². The fourth-order valence-electron chi connectivity index (χ4n) is 2.34. The molecule has 1 aromatic carbocycles. The number of hydrogen-bond acceptors (Lipinski definition) is 3. The second kappa shape index (κ2) is 3.35. The van der Waals surface area contributed by atoms with Crippen LogP contribution in [-0.2, 0) is 11.3 Å². The Morgan fingerprint density at radius 1 is 1.40 bits per heavy atom. The molecule has 78 valence electrons. The van der Waals surface area contributed by atoms with E-state index in [2.05, 4.69) is 11.4 Å². The van der Waals surface area contributed by atoms with Gasteiger partial charge in [-0.1, -0.05) is 6.07 Å². The van der Waals surface area contributed by atoms with Crippen LogP contribution in [0.4, 0.5) is 0 Å². The van der Waals surface area contributed by atoms with Crippen LogP contribution in [0.2, 0.25) is 0 Å². The lowest BCUT2D eigenvalue weighted by Gasteiger charge is -2.10. The highest BCUT2D eigenvalue weighted by molar-refractivity contribution is 5.93. The minimum Gasteiger partial charge on any atom is -0.457 e. The number of cyclic esters (lactones) is 1. The topological polar surface area (TPSA) is 38.3 Å². The maximum Gasteiger partial charge on any atom is 0.338 e. The summed E-state index contributed by atoms with van der Waals surface area (Å²) in [6, 6.07) is 6.49. The Morgan fingerprint density at radius 2 is 2.33 bits per heavy atom. The molecule has 0 aromatic heterocycles. The molecule has 1 fully saturated rings. The summed E-state index contributed by atoms with van der Waals surface area (Å²) in [5.74, 6) is -0.184. The van der Waals surface area contributed by atoms with Crippen molar-refractivity contribution in [1.29, 1.82) is 0 Å². The zero-order valence-corrected chi connectivity index (χ0v) is 8.45. The molecule has 0 spiro atoms. The van der Waals surface area contributed by atoms with Crippen molar-refractivity contribution < 1.29 is 9.53 Å². The van der Waals surface area contributed by atoms with Crippen LogP contribution < -0.4 is 5.32 Å². The maximum atomic E-state index is 11.3. The monoisotopic (exact) mass is 203 g/mol. The predicted octanol–water partition coefficient (Wildman–Crippen LogP) is 1.78. The Kier molecular flexibility index (Phi) is 1.99. The van der Waals surface area contributed by atoms with E-state index in [1.54, 1.807) is 0 Å². The average molecular weight is 203 g/mol. The van der Waals surface area contributed by atoms with E-state index in [-0.39, 0.29) is 5.97 Å². The Bertz CT molecular complexity index is 408. The van der Waals surface area contributed by atoms with Gasteiger partial charge in [0.15, 0.2) is 0 Å². The molecule has 0 amide bonds. The number of hydrogen-bond donors (Lipinski definition) is 1. The van der Waals surface area contributed by atoms with Gasteiger partial charge in [0.1, 0.15) is 6.61 Å². The first-order chi connectivity index (χ1) is 7.34. The van der Waals surface area contributed by atoms with Crippen molar-refractivity contribution >= 4 is 5.97 Å². The first-order valence-electron chi connectivity index (χ1n) is 5.38. The molecule has 3 heteroatoms. The summed E-state index contributed by atoms with van der Waals surface area (Å²) in [6.07, 6.45) is 2.42. The number of benzene rings is 1. The maximum absolute atomic E-state index is 11.3. The fourth-order valence-corrected chi connectivity index (χ4v) is 2.34. The van der Waals surface area contributed by atoms with Crippen LogP contribution >= 0.6 is 0 Å². The molecule has 3 rings (SSSR count). The Morgan fingerprint density at radius 3 is 3.13 bits per heavy atom.